The van der Waals surface area contributed by atoms with Crippen molar-refractivity contribution >= 4 is 11.6 Å². The summed E-state index contributed by atoms with van der Waals surface area (Å²) >= 11 is 0. The molecule has 1 saturated heterocycles. The Labute approximate surface area is 183 Å². The average molecular weight is 420 g/mol. The van der Waals surface area contributed by atoms with Crippen molar-refractivity contribution in [2.75, 3.05) is 31.1 Å². The number of rotatable bonds is 4. The van der Waals surface area contributed by atoms with E-state index >= 15 is 0 Å². The first kappa shape index (κ1) is 21.2. The molecule has 0 aliphatic carbocycles. The van der Waals surface area contributed by atoms with E-state index in [1.807, 2.05) is 36.3 Å². The van der Waals surface area contributed by atoms with Crippen LogP contribution in [-0.2, 0) is 6.54 Å². The molecule has 1 aliphatic heterocycles. The number of anilines is 1. The topological polar surface area (TPSA) is 28.5 Å². The van der Waals surface area contributed by atoms with Crippen LogP contribution in [-0.4, -0.2) is 41.6 Å². The van der Waals surface area contributed by atoms with Gasteiger partial charge in [-0.2, -0.15) is 0 Å². The first-order chi connectivity index (χ1) is 14.9. The second-order valence-electron chi connectivity index (χ2n) is 8.43. The van der Waals surface area contributed by atoms with Crippen LogP contribution in [0, 0.1) is 33.5 Å². The zero-order chi connectivity index (χ0) is 22.1. The number of para-hydroxylation sites is 1. The highest BCUT2D eigenvalue weighted by atomic mass is 19.1. The van der Waals surface area contributed by atoms with Gasteiger partial charge in [0, 0.05) is 43.1 Å². The van der Waals surface area contributed by atoms with Gasteiger partial charge in [0.1, 0.15) is 11.5 Å². The van der Waals surface area contributed by atoms with Crippen LogP contribution in [0.5, 0.6) is 0 Å². The van der Waals surface area contributed by atoms with Crippen LogP contribution in [0.15, 0.2) is 48.5 Å². The zero-order valence-corrected chi connectivity index (χ0v) is 18.8. The highest BCUT2D eigenvalue weighted by Crippen LogP contribution is 2.26. The van der Waals surface area contributed by atoms with E-state index in [-0.39, 0.29) is 11.7 Å². The van der Waals surface area contributed by atoms with Gasteiger partial charge in [-0.15, -0.1) is 0 Å². The molecule has 1 aliphatic rings. The van der Waals surface area contributed by atoms with Crippen LogP contribution in [0.25, 0.3) is 0 Å². The molecule has 0 N–H and O–H groups in total. The maximum absolute atomic E-state index is 14.3. The largest absolute Gasteiger partial charge is 0.368 e. The highest BCUT2D eigenvalue weighted by Gasteiger charge is 2.28. The molecule has 0 radical (unpaired) electrons. The molecule has 1 amide bonds. The molecule has 1 aromatic heterocycles. The molecule has 0 atom stereocenters. The van der Waals surface area contributed by atoms with Crippen molar-refractivity contribution in [3.8, 4) is 0 Å². The summed E-state index contributed by atoms with van der Waals surface area (Å²) in [5, 5.41) is 0. The van der Waals surface area contributed by atoms with Gasteiger partial charge >= 0.3 is 0 Å². The van der Waals surface area contributed by atoms with Crippen molar-refractivity contribution in [2.45, 2.75) is 34.2 Å². The highest BCUT2D eigenvalue weighted by molar-refractivity contribution is 5.95. The molecule has 0 spiro atoms. The van der Waals surface area contributed by atoms with E-state index in [9.17, 15) is 9.18 Å². The molecule has 31 heavy (non-hydrogen) atoms. The summed E-state index contributed by atoms with van der Waals surface area (Å²) in [6, 6.07) is 15.2. The van der Waals surface area contributed by atoms with E-state index < -0.39 is 0 Å². The van der Waals surface area contributed by atoms with Gasteiger partial charge in [0.15, 0.2) is 0 Å². The van der Waals surface area contributed by atoms with Crippen molar-refractivity contribution in [3.63, 3.8) is 0 Å². The normalized spacial score (nSPS) is 14.2. The molecule has 1 fully saturated rings. The number of hydrogen-bond acceptors (Lipinski definition) is 2. The Kier molecular flexibility index (Phi) is 5.86. The van der Waals surface area contributed by atoms with Gasteiger partial charge < -0.3 is 14.4 Å². The summed E-state index contributed by atoms with van der Waals surface area (Å²) in [6.45, 7) is 11.5. The number of amides is 1. The van der Waals surface area contributed by atoms with Crippen molar-refractivity contribution < 1.29 is 9.18 Å². The molecule has 4 nitrogen and oxygen atoms in total. The predicted octanol–water partition coefficient (Wildman–Crippen LogP) is 4.87. The Morgan fingerprint density at radius 2 is 1.52 bits per heavy atom. The lowest BCUT2D eigenvalue weighted by molar-refractivity contribution is 0.0735. The first-order valence-electron chi connectivity index (χ1n) is 10.9. The fourth-order valence-electron chi connectivity index (χ4n) is 4.51. The van der Waals surface area contributed by atoms with Gasteiger partial charge in [-0.1, -0.05) is 36.4 Å². The van der Waals surface area contributed by atoms with Crippen LogP contribution in [0.2, 0.25) is 0 Å². The van der Waals surface area contributed by atoms with Crippen molar-refractivity contribution in [2.24, 2.45) is 0 Å². The third-order valence-corrected chi connectivity index (χ3v) is 6.65. The quantitative estimate of drug-likeness (QED) is 0.604. The lowest BCUT2D eigenvalue weighted by Gasteiger charge is -2.37. The lowest BCUT2D eigenvalue weighted by Crippen LogP contribution is -2.49. The second-order valence-corrected chi connectivity index (χ2v) is 8.43. The summed E-state index contributed by atoms with van der Waals surface area (Å²) < 4.78 is 16.3. The third-order valence-electron chi connectivity index (χ3n) is 6.65. The summed E-state index contributed by atoms with van der Waals surface area (Å²) in [6.07, 6.45) is 0. The number of nitrogens with zero attached hydrogens (tertiary/aromatic N) is 3. The van der Waals surface area contributed by atoms with Crippen LogP contribution in [0.4, 0.5) is 10.1 Å². The molecule has 3 aromatic rings. The maximum atomic E-state index is 14.3. The number of carbonyl (C=O) groups excluding carboxylic acids is 1. The zero-order valence-electron chi connectivity index (χ0n) is 18.8. The number of aryl methyl sites for hydroxylation is 1. The van der Waals surface area contributed by atoms with E-state index in [1.165, 1.54) is 17.3 Å². The molecule has 0 unspecified atom stereocenters. The van der Waals surface area contributed by atoms with Gasteiger partial charge in [0.25, 0.3) is 5.91 Å². The maximum Gasteiger partial charge on any atom is 0.270 e. The van der Waals surface area contributed by atoms with E-state index in [0.717, 1.165) is 29.9 Å². The Morgan fingerprint density at radius 3 is 2.19 bits per heavy atom. The minimum absolute atomic E-state index is 0.0365. The van der Waals surface area contributed by atoms with Crippen LogP contribution in [0.3, 0.4) is 0 Å². The number of piperazine rings is 1. The molecule has 162 valence electrons. The Balaban J connectivity index is 1.57. The average Bonchev–Trinajstić information content (AvgIpc) is 2.99. The van der Waals surface area contributed by atoms with E-state index in [0.29, 0.717) is 30.9 Å². The Hall–Kier alpha value is -3.08. The Bertz CT molecular complexity index is 1110. The van der Waals surface area contributed by atoms with Crippen LogP contribution in [0.1, 0.15) is 38.4 Å². The van der Waals surface area contributed by atoms with E-state index in [1.54, 1.807) is 12.1 Å². The molecular formula is C26H30FN3O. The number of halogens is 1. The molecule has 5 heteroatoms. The number of carbonyl (C=O) groups is 1. The number of aromatic nitrogens is 1. The van der Waals surface area contributed by atoms with E-state index in [4.69, 9.17) is 0 Å². The van der Waals surface area contributed by atoms with Crippen molar-refractivity contribution in [3.05, 3.63) is 88.0 Å². The monoisotopic (exact) mass is 419 g/mol. The van der Waals surface area contributed by atoms with Gasteiger partial charge in [-0.05, 0) is 56.5 Å². The van der Waals surface area contributed by atoms with Gasteiger partial charge in [-0.3, -0.25) is 4.79 Å². The molecular weight excluding hydrogens is 389 g/mol. The molecule has 0 bridgehead atoms. The summed E-state index contributed by atoms with van der Waals surface area (Å²) in [5.74, 6) is -0.203. The van der Waals surface area contributed by atoms with Crippen LogP contribution >= 0.6 is 0 Å². The van der Waals surface area contributed by atoms with Crippen LogP contribution < -0.4 is 4.90 Å². The fraction of sp³-hybridized carbons (Fsp3) is 0.346. The minimum atomic E-state index is -0.240. The SMILES string of the molecule is Cc1ccccc1N1CCN(C(=O)c2c(C)c(C)c(C)n2Cc2ccccc2F)CC1. The first-order valence-corrected chi connectivity index (χ1v) is 10.9. The molecule has 2 aromatic carbocycles. The van der Waals surface area contributed by atoms with Gasteiger partial charge in [0.2, 0.25) is 0 Å². The van der Waals surface area contributed by atoms with Gasteiger partial charge in [0.05, 0.1) is 6.54 Å². The standard InChI is InChI=1S/C26H30FN3O/c1-18-9-5-8-12-24(18)28-13-15-29(16-14-28)26(31)25-20(3)19(2)21(4)30(25)17-22-10-6-7-11-23(22)27/h5-12H,13-17H2,1-4H3. The van der Waals surface area contributed by atoms with Crippen molar-refractivity contribution in [1.29, 1.82) is 0 Å². The fourth-order valence-corrected chi connectivity index (χ4v) is 4.51. The lowest BCUT2D eigenvalue weighted by atomic mass is 10.1. The summed E-state index contributed by atoms with van der Waals surface area (Å²) in [7, 11) is 0. The summed E-state index contributed by atoms with van der Waals surface area (Å²) in [4.78, 5) is 17.9. The number of benzene rings is 2. The molecule has 0 saturated carbocycles. The van der Waals surface area contributed by atoms with Crippen molar-refractivity contribution in [1.82, 2.24) is 9.47 Å². The minimum Gasteiger partial charge on any atom is -0.368 e. The van der Waals surface area contributed by atoms with Gasteiger partial charge in [-0.25, -0.2) is 4.39 Å². The number of hydrogen-bond donors (Lipinski definition) is 0. The predicted molar refractivity (Wildman–Crippen MR) is 123 cm³/mol. The van der Waals surface area contributed by atoms with E-state index in [2.05, 4.69) is 36.1 Å². The summed E-state index contributed by atoms with van der Waals surface area (Å²) in [5.41, 5.74) is 6.87. The molecule has 4 rings (SSSR count). The Morgan fingerprint density at radius 1 is 0.871 bits per heavy atom. The molecule has 2 heterocycles. The smallest absolute Gasteiger partial charge is 0.270 e. The second kappa shape index (κ2) is 8.58. The third kappa shape index (κ3) is 3.97.